The summed E-state index contributed by atoms with van der Waals surface area (Å²) < 4.78 is 40.1. The molecule has 0 bridgehead atoms. The molecule has 43 heavy (non-hydrogen) atoms. The summed E-state index contributed by atoms with van der Waals surface area (Å²) in [7, 11) is -3.44. The number of aromatic amines is 2. The number of hydrogen-bond donors (Lipinski definition) is 4. The second kappa shape index (κ2) is 11.3. The van der Waals surface area contributed by atoms with Gasteiger partial charge in [0, 0.05) is 41.9 Å². The molecule has 11 nitrogen and oxygen atoms in total. The van der Waals surface area contributed by atoms with E-state index in [0.717, 1.165) is 33.8 Å². The van der Waals surface area contributed by atoms with Crippen molar-refractivity contribution >= 4 is 37.9 Å². The molecule has 4 aromatic heterocycles. The van der Waals surface area contributed by atoms with Crippen LogP contribution in [0, 0.1) is 5.82 Å². The van der Waals surface area contributed by atoms with Gasteiger partial charge in [0.05, 0.1) is 34.7 Å². The first kappa shape index (κ1) is 28.1. The van der Waals surface area contributed by atoms with E-state index in [1.54, 1.807) is 24.7 Å². The van der Waals surface area contributed by atoms with Gasteiger partial charge in [0.2, 0.25) is 15.9 Å². The first-order valence-corrected chi connectivity index (χ1v) is 15.3. The van der Waals surface area contributed by atoms with Gasteiger partial charge in [-0.1, -0.05) is 12.1 Å². The Morgan fingerprint density at radius 3 is 2.67 bits per heavy atom. The smallest absolute Gasteiger partial charge is 0.217 e. The Kier molecular flexibility index (Phi) is 7.42. The molecule has 0 spiro atoms. The molecule has 218 valence electrons. The number of nitrogens with one attached hydrogen (secondary N) is 3. The van der Waals surface area contributed by atoms with Crippen molar-refractivity contribution in [2.24, 2.45) is 5.73 Å². The van der Waals surface area contributed by atoms with Gasteiger partial charge in [-0.05, 0) is 65.9 Å². The molecule has 2 aromatic carbocycles. The van der Waals surface area contributed by atoms with E-state index >= 15 is 0 Å². The van der Waals surface area contributed by atoms with Gasteiger partial charge in [-0.2, -0.15) is 5.10 Å². The van der Waals surface area contributed by atoms with E-state index in [0.29, 0.717) is 58.7 Å². The first-order valence-electron chi connectivity index (χ1n) is 13.4. The van der Waals surface area contributed by atoms with Crippen LogP contribution in [0.1, 0.15) is 24.0 Å². The van der Waals surface area contributed by atoms with Crippen molar-refractivity contribution in [3.8, 4) is 33.9 Å². The average molecular weight is 599 g/mol. The second-order valence-electron chi connectivity index (χ2n) is 10.3. The van der Waals surface area contributed by atoms with Crippen molar-refractivity contribution in [1.82, 2.24) is 34.9 Å². The summed E-state index contributed by atoms with van der Waals surface area (Å²) in [5.74, 6) is -0.302. The lowest BCUT2D eigenvalue weighted by atomic mass is 10.0. The maximum absolute atomic E-state index is 14.6. The highest BCUT2D eigenvalue weighted by Gasteiger charge is 2.17. The number of nitrogens with two attached hydrogens (primary N) is 1. The van der Waals surface area contributed by atoms with Crippen molar-refractivity contribution in [3.05, 3.63) is 84.1 Å². The zero-order valence-electron chi connectivity index (χ0n) is 23.1. The Hall–Kier alpha value is -5.01. The molecule has 6 rings (SSSR count). The molecule has 4 heterocycles. The number of carbonyl (C=O) groups is 1. The minimum atomic E-state index is -3.44. The molecule has 0 aliphatic rings. The lowest BCUT2D eigenvalue weighted by Gasteiger charge is -2.08. The summed E-state index contributed by atoms with van der Waals surface area (Å²) in [6.07, 6.45) is 7.88. The average Bonchev–Trinajstić information content (AvgIpc) is 3.59. The number of imidazole rings is 1. The SMILES string of the molecule is CS(=O)(=O)NCc1cc(F)cc(-c2cccc3[nH]c(-c4n[nH]c5cnc(-c6cncc(CCCC(N)=O)c6)cc45)nc23)c1. The van der Waals surface area contributed by atoms with Crippen LogP contribution in [0.25, 0.3) is 55.8 Å². The number of para-hydroxylation sites is 1. The number of aryl methyl sites for hydroxylation is 1. The van der Waals surface area contributed by atoms with E-state index in [-0.39, 0.29) is 12.5 Å². The number of pyridine rings is 2. The molecule has 0 radical (unpaired) electrons. The quantitative estimate of drug-likeness (QED) is 0.183. The van der Waals surface area contributed by atoms with E-state index in [2.05, 4.69) is 29.9 Å². The number of aromatic nitrogens is 6. The zero-order valence-corrected chi connectivity index (χ0v) is 23.9. The van der Waals surface area contributed by atoms with Gasteiger partial charge in [0.1, 0.15) is 11.5 Å². The van der Waals surface area contributed by atoms with E-state index in [9.17, 15) is 17.6 Å². The topological polar surface area (TPSA) is 172 Å². The minimum absolute atomic E-state index is 0.0349. The molecule has 13 heteroatoms. The lowest BCUT2D eigenvalue weighted by Crippen LogP contribution is -2.21. The summed E-state index contributed by atoms with van der Waals surface area (Å²) in [6.45, 7) is -0.0349. The van der Waals surface area contributed by atoms with Crippen LogP contribution < -0.4 is 10.5 Å². The van der Waals surface area contributed by atoms with Crippen molar-refractivity contribution in [2.75, 3.05) is 6.26 Å². The van der Waals surface area contributed by atoms with E-state index in [4.69, 9.17) is 10.7 Å². The Balaban J connectivity index is 1.35. The second-order valence-corrected chi connectivity index (χ2v) is 12.2. The van der Waals surface area contributed by atoms with E-state index in [1.807, 2.05) is 30.3 Å². The van der Waals surface area contributed by atoms with Gasteiger partial charge in [-0.25, -0.2) is 22.5 Å². The third-order valence-electron chi connectivity index (χ3n) is 6.97. The van der Waals surface area contributed by atoms with Gasteiger partial charge >= 0.3 is 0 Å². The van der Waals surface area contributed by atoms with E-state index < -0.39 is 15.8 Å². The molecule has 0 aliphatic carbocycles. The minimum Gasteiger partial charge on any atom is -0.370 e. The number of halogens is 1. The molecule has 0 saturated carbocycles. The standard InChI is InChI=1S/C30H27FN8O3S/c1-43(41,42)35-14-18-9-19(11-21(31)10-18)22-5-3-6-24-28(22)37-30(36-24)29-23-12-25(34-16-26(23)38-39-29)20-8-17(13-33-15-20)4-2-7-27(32)40/h3,5-6,8-13,15-16,35H,2,4,7,14H2,1H3,(H2,32,40)(H,36,37)(H,38,39). The molecule has 1 amide bonds. The highest BCUT2D eigenvalue weighted by Crippen LogP contribution is 2.33. The van der Waals surface area contributed by atoms with Crippen LogP contribution in [0.4, 0.5) is 4.39 Å². The number of nitrogens with zero attached hydrogens (tertiary/aromatic N) is 4. The van der Waals surface area contributed by atoms with Crippen molar-refractivity contribution < 1.29 is 17.6 Å². The number of hydrogen-bond acceptors (Lipinski definition) is 7. The van der Waals surface area contributed by atoms with Crippen LogP contribution in [0.2, 0.25) is 0 Å². The number of benzene rings is 2. The maximum Gasteiger partial charge on any atom is 0.217 e. The number of amides is 1. The van der Waals surface area contributed by atoms with Gasteiger partial charge in [0.15, 0.2) is 5.82 Å². The molecule has 5 N–H and O–H groups in total. The van der Waals surface area contributed by atoms with Gasteiger partial charge < -0.3 is 10.7 Å². The number of sulfonamides is 1. The first-order chi connectivity index (χ1) is 20.6. The summed E-state index contributed by atoms with van der Waals surface area (Å²) >= 11 is 0. The summed E-state index contributed by atoms with van der Waals surface area (Å²) in [5.41, 5.74) is 12.1. The largest absolute Gasteiger partial charge is 0.370 e. The van der Waals surface area contributed by atoms with Gasteiger partial charge in [-0.15, -0.1) is 0 Å². The molecule has 6 aromatic rings. The van der Waals surface area contributed by atoms with Crippen LogP contribution >= 0.6 is 0 Å². The number of fused-ring (bicyclic) bond motifs is 2. The third-order valence-corrected chi connectivity index (χ3v) is 7.64. The molecule has 0 aliphatic heterocycles. The Morgan fingerprint density at radius 1 is 1.02 bits per heavy atom. The summed E-state index contributed by atoms with van der Waals surface area (Å²) in [6, 6.07) is 13.9. The number of primary amides is 1. The number of H-pyrrole nitrogens is 2. The Morgan fingerprint density at radius 2 is 1.86 bits per heavy atom. The van der Waals surface area contributed by atoms with Crippen molar-refractivity contribution in [1.29, 1.82) is 0 Å². The molecule has 0 saturated heterocycles. The van der Waals surface area contributed by atoms with Crippen LogP contribution in [0.15, 0.2) is 67.1 Å². The van der Waals surface area contributed by atoms with Gasteiger partial charge in [0.25, 0.3) is 0 Å². The molecular weight excluding hydrogens is 571 g/mol. The van der Waals surface area contributed by atoms with Gasteiger partial charge in [-0.3, -0.25) is 19.9 Å². The maximum atomic E-state index is 14.6. The Bertz CT molecular complexity index is 2110. The molecular formula is C30H27FN8O3S. The predicted octanol–water partition coefficient (Wildman–Crippen LogP) is 4.23. The molecule has 0 unspecified atom stereocenters. The highest BCUT2D eigenvalue weighted by atomic mass is 32.2. The normalized spacial score (nSPS) is 11.9. The van der Waals surface area contributed by atoms with Crippen LogP contribution in [0.5, 0.6) is 0 Å². The monoisotopic (exact) mass is 598 g/mol. The Labute approximate surface area is 245 Å². The number of rotatable bonds is 10. The van der Waals surface area contributed by atoms with Crippen LogP contribution in [-0.2, 0) is 27.8 Å². The predicted molar refractivity (Wildman–Crippen MR) is 161 cm³/mol. The molecule has 0 fully saturated rings. The summed E-state index contributed by atoms with van der Waals surface area (Å²) in [5, 5.41) is 8.31. The highest BCUT2D eigenvalue weighted by molar-refractivity contribution is 7.88. The fourth-order valence-corrected chi connectivity index (χ4v) is 5.41. The fraction of sp³-hybridized carbons (Fsp3) is 0.167. The van der Waals surface area contributed by atoms with Crippen molar-refractivity contribution in [2.45, 2.75) is 25.8 Å². The zero-order chi connectivity index (χ0) is 30.1. The number of carbonyl (C=O) groups excluding carboxylic acids is 1. The fourth-order valence-electron chi connectivity index (χ4n) is 4.99. The third kappa shape index (κ3) is 6.27. The summed E-state index contributed by atoms with van der Waals surface area (Å²) in [4.78, 5) is 28.2. The van der Waals surface area contributed by atoms with Crippen LogP contribution in [-0.4, -0.2) is 50.7 Å². The van der Waals surface area contributed by atoms with Crippen LogP contribution in [0.3, 0.4) is 0 Å². The van der Waals surface area contributed by atoms with E-state index in [1.165, 1.54) is 12.1 Å². The van der Waals surface area contributed by atoms with Crippen molar-refractivity contribution in [3.63, 3.8) is 0 Å². The lowest BCUT2D eigenvalue weighted by molar-refractivity contribution is -0.118. The molecule has 0 atom stereocenters.